The van der Waals surface area contributed by atoms with E-state index in [-0.39, 0.29) is 42.3 Å². The number of hydrogen-bond acceptors (Lipinski definition) is 3. The number of benzene rings is 3. The molecule has 3 aromatic carbocycles. The summed E-state index contributed by atoms with van der Waals surface area (Å²) in [6.07, 6.45) is 0.849. The molecule has 1 aliphatic rings. The molecule has 35 heavy (non-hydrogen) atoms. The number of rotatable bonds is 8. The molecule has 0 unspecified atom stereocenters. The molecule has 8 heteroatoms. The van der Waals surface area contributed by atoms with E-state index in [0.29, 0.717) is 29.2 Å². The molecule has 1 heterocycles. The third-order valence-electron chi connectivity index (χ3n) is 6.01. The molecule has 3 aromatic rings. The Hall–Kier alpha value is -3.71. The fourth-order valence-electron chi connectivity index (χ4n) is 4.15. The number of anilines is 1. The maximum absolute atomic E-state index is 13.4. The van der Waals surface area contributed by atoms with Crippen molar-refractivity contribution in [3.05, 3.63) is 100 Å². The van der Waals surface area contributed by atoms with Gasteiger partial charge in [0.2, 0.25) is 11.8 Å². The van der Waals surface area contributed by atoms with Crippen molar-refractivity contribution in [1.82, 2.24) is 10.6 Å². The topological polar surface area (TPSA) is 87.3 Å². The highest BCUT2D eigenvalue weighted by Crippen LogP contribution is 2.29. The van der Waals surface area contributed by atoms with Gasteiger partial charge in [0.1, 0.15) is 11.9 Å². The first kappa shape index (κ1) is 24.4. The number of nitrogens with one attached hydrogen (secondary N) is 3. The molecule has 0 spiro atoms. The zero-order chi connectivity index (χ0) is 24.8. The lowest BCUT2D eigenvalue weighted by atomic mass is 9.88. The number of hydrogen-bond donors (Lipinski definition) is 3. The van der Waals surface area contributed by atoms with E-state index in [2.05, 4.69) is 16.0 Å². The van der Waals surface area contributed by atoms with E-state index < -0.39 is 6.04 Å². The smallest absolute Gasteiger partial charge is 0.254 e. The maximum Gasteiger partial charge on any atom is 0.254 e. The van der Waals surface area contributed by atoms with Crippen LogP contribution in [0.25, 0.3) is 0 Å². The minimum Gasteiger partial charge on any atom is -0.356 e. The lowest BCUT2D eigenvalue weighted by Crippen LogP contribution is -2.42. The molecule has 180 valence electrons. The Morgan fingerprint density at radius 1 is 0.971 bits per heavy atom. The van der Waals surface area contributed by atoms with E-state index >= 15 is 0 Å². The fraction of sp³-hybridized carbons (Fsp3) is 0.222. The SMILES string of the molecule is O=C(CC[C@H]1NC(=O)c2ccccc2NC1=O)NCC[C@H](c1ccc(F)cc1)c1ccc(Cl)cc1. The molecule has 6 nitrogen and oxygen atoms in total. The van der Waals surface area contributed by atoms with Crippen LogP contribution in [-0.2, 0) is 9.59 Å². The Balaban J connectivity index is 1.32. The van der Waals surface area contributed by atoms with E-state index in [1.807, 2.05) is 12.1 Å². The second-order valence-electron chi connectivity index (χ2n) is 8.39. The lowest BCUT2D eigenvalue weighted by Gasteiger charge is -2.19. The summed E-state index contributed by atoms with van der Waals surface area (Å²) in [4.78, 5) is 37.4. The van der Waals surface area contributed by atoms with Crippen LogP contribution in [0, 0.1) is 5.82 Å². The average Bonchev–Trinajstić information content (AvgIpc) is 2.97. The summed E-state index contributed by atoms with van der Waals surface area (Å²) < 4.78 is 13.4. The van der Waals surface area contributed by atoms with Crippen LogP contribution in [0.3, 0.4) is 0 Å². The number of fused-ring (bicyclic) bond motifs is 1. The van der Waals surface area contributed by atoms with Gasteiger partial charge in [-0.1, -0.05) is 48.0 Å². The van der Waals surface area contributed by atoms with Gasteiger partial charge in [-0.25, -0.2) is 4.39 Å². The molecule has 0 aromatic heterocycles. The van der Waals surface area contributed by atoms with Crippen LogP contribution >= 0.6 is 11.6 Å². The third kappa shape index (κ3) is 6.25. The quantitative estimate of drug-likeness (QED) is 0.427. The minimum atomic E-state index is -0.804. The van der Waals surface area contributed by atoms with Crippen LogP contribution in [0.15, 0.2) is 72.8 Å². The fourth-order valence-corrected chi connectivity index (χ4v) is 4.28. The molecule has 0 saturated heterocycles. The molecule has 0 fully saturated rings. The van der Waals surface area contributed by atoms with Crippen LogP contribution in [0.2, 0.25) is 5.02 Å². The summed E-state index contributed by atoms with van der Waals surface area (Å²) in [6.45, 7) is 0.387. The van der Waals surface area contributed by atoms with Crippen LogP contribution in [0.4, 0.5) is 10.1 Å². The van der Waals surface area contributed by atoms with E-state index in [1.165, 1.54) is 12.1 Å². The van der Waals surface area contributed by atoms with Gasteiger partial charge in [0.15, 0.2) is 0 Å². The van der Waals surface area contributed by atoms with Gasteiger partial charge in [-0.05, 0) is 60.4 Å². The predicted molar refractivity (Wildman–Crippen MR) is 133 cm³/mol. The van der Waals surface area contributed by atoms with Crippen LogP contribution in [0.1, 0.15) is 46.7 Å². The highest BCUT2D eigenvalue weighted by atomic mass is 35.5. The first-order chi connectivity index (χ1) is 16.9. The second-order valence-corrected chi connectivity index (χ2v) is 8.83. The van der Waals surface area contributed by atoms with Crippen LogP contribution < -0.4 is 16.0 Å². The Labute approximate surface area is 207 Å². The zero-order valence-corrected chi connectivity index (χ0v) is 19.6. The predicted octanol–water partition coefficient (Wildman–Crippen LogP) is 4.65. The van der Waals surface area contributed by atoms with Gasteiger partial charge < -0.3 is 16.0 Å². The molecule has 3 amide bonds. The summed E-state index contributed by atoms with van der Waals surface area (Å²) in [5.41, 5.74) is 2.78. The molecule has 3 N–H and O–H groups in total. The largest absolute Gasteiger partial charge is 0.356 e. The summed E-state index contributed by atoms with van der Waals surface area (Å²) >= 11 is 6.02. The van der Waals surface area contributed by atoms with Crippen LogP contribution in [0.5, 0.6) is 0 Å². The van der Waals surface area contributed by atoms with Crippen molar-refractivity contribution in [2.45, 2.75) is 31.2 Å². The van der Waals surface area contributed by atoms with Crippen molar-refractivity contribution >= 4 is 35.0 Å². The number of carbonyl (C=O) groups is 3. The molecular weight excluding hydrogens is 469 g/mol. The lowest BCUT2D eigenvalue weighted by molar-refractivity contribution is -0.121. The van der Waals surface area contributed by atoms with Gasteiger partial charge in [-0.3, -0.25) is 14.4 Å². The highest BCUT2D eigenvalue weighted by Gasteiger charge is 2.27. The van der Waals surface area contributed by atoms with Gasteiger partial charge in [0.05, 0.1) is 11.3 Å². The highest BCUT2D eigenvalue weighted by molar-refractivity contribution is 6.30. The summed E-state index contributed by atoms with van der Waals surface area (Å²) in [5.74, 6) is -1.29. The molecule has 2 atom stereocenters. The van der Waals surface area contributed by atoms with Gasteiger partial charge in [-0.2, -0.15) is 0 Å². The minimum absolute atomic E-state index is 0.0569. The average molecular weight is 494 g/mol. The number of carbonyl (C=O) groups excluding carboxylic acids is 3. The first-order valence-corrected chi connectivity index (χ1v) is 11.8. The summed E-state index contributed by atoms with van der Waals surface area (Å²) in [5, 5.41) is 8.95. The normalized spacial score (nSPS) is 15.9. The molecule has 1 aliphatic heterocycles. The first-order valence-electron chi connectivity index (χ1n) is 11.4. The molecule has 0 aliphatic carbocycles. The van der Waals surface area contributed by atoms with Crippen LogP contribution in [-0.4, -0.2) is 30.3 Å². The van der Waals surface area contributed by atoms with Gasteiger partial charge in [0, 0.05) is 23.9 Å². The van der Waals surface area contributed by atoms with E-state index in [9.17, 15) is 18.8 Å². The molecule has 0 saturated carbocycles. The zero-order valence-electron chi connectivity index (χ0n) is 18.9. The van der Waals surface area contributed by atoms with Crippen molar-refractivity contribution < 1.29 is 18.8 Å². The Kier molecular flexibility index (Phi) is 7.77. The number of halogens is 2. The van der Waals surface area contributed by atoms with Crippen molar-refractivity contribution in [3.8, 4) is 0 Å². The Bertz CT molecular complexity index is 1170. The number of para-hydroxylation sites is 1. The third-order valence-corrected chi connectivity index (χ3v) is 6.26. The van der Waals surface area contributed by atoms with Crippen molar-refractivity contribution in [1.29, 1.82) is 0 Å². The maximum atomic E-state index is 13.4. The monoisotopic (exact) mass is 493 g/mol. The van der Waals surface area contributed by atoms with Crippen molar-refractivity contribution in [3.63, 3.8) is 0 Å². The molecular formula is C27H25ClFN3O3. The van der Waals surface area contributed by atoms with Gasteiger partial charge >= 0.3 is 0 Å². The van der Waals surface area contributed by atoms with Crippen molar-refractivity contribution in [2.24, 2.45) is 0 Å². The molecule has 0 radical (unpaired) electrons. The standard InChI is InChI=1S/C27H25ClFN3O3/c28-19-9-5-17(6-10-19)21(18-7-11-20(29)12-8-18)15-16-30-25(33)14-13-24-27(35)31-23-4-2-1-3-22(23)26(34)32-24/h1-12,21,24H,13-16H2,(H,30,33)(H,31,35)(H,32,34)/t21-,24+/m0/s1. The summed E-state index contributed by atoms with van der Waals surface area (Å²) in [7, 11) is 0. The summed E-state index contributed by atoms with van der Waals surface area (Å²) in [6, 6.07) is 19.7. The number of amides is 3. The second kappa shape index (κ2) is 11.1. The van der Waals surface area contributed by atoms with Crippen molar-refractivity contribution in [2.75, 3.05) is 11.9 Å². The van der Waals surface area contributed by atoms with E-state index in [4.69, 9.17) is 11.6 Å². The molecule has 0 bridgehead atoms. The van der Waals surface area contributed by atoms with E-state index in [0.717, 1.165) is 11.1 Å². The van der Waals surface area contributed by atoms with Gasteiger partial charge in [0.25, 0.3) is 5.91 Å². The molecule has 4 rings (SSSR count). The Morgan fingerprint density at radius 3 is 2.34 bits per heavy atom. The van der Waals surface area contributed by atoms with Gasteiger partial charge in [-0.15, -0.1) is 0 Å². The Morgan fingerprint density at radius 2 is 1.63 bits per heavy atom. The van der Waals surface area contributed by atoms with E-state index in [1.54, 1.807) is 48.5 Å².